The molecule has 0 radical (unpaired) electrons. The largest absolute Gasteiger partial charge is 0.351 e. The zero-order chi connectivity index (χ0) is 32.8. The molecule has 8 nitrogen and oxygen atoms in total. The molecular formula is C35H34ClN3O5S. The van der Waals surface area contributed by atoms with Crippen LogP contribution in [0.2, 0.25) is 5.02 Å². The summed E-state index contributed by atoms with van der Waals surface area (Å²) < 4.78 is 30.7. The van der Waals surface area contributed by atoms with Crippen molar-refractivity contribution in [3.8, 4) is 17.2 Å². The van der Waals surface area contributed by atoms with Crippen molar-refractivity contribution in [3.05, 3.63) is 124 Å². The highest BCUT2D eigenvalue weighted by Crippen LogP contribution is 2.30. The highest BCUT2D eigenvalue weighted by Gasteiger charge is 2.24. The van der Waals surface area contributed by atoms with Gasteiger partial charge in [0.1, 0.15) is 0 Å². The van der Waals surface area contributed by atoms with Crippen molar-refractivity contribution in [1.29, 1.82) is 5.26 Å². The number of benzene rings is 4. The Morgan fingerprint density at radius 1 is 0.956 bits per heavy atom. The van der Waals surface area contributed by atoms with Gasteiger partial charge in [-0.05, 0) is 97.0 Å². The van der Waals surface area contributed by atoms with Crippen LogP contribution in [-0.4, -0.2) is 37.1 Å². The molecule has 4 aromatic rings. The van der Waals surface area contributed by atoms with Gasteiger partial charge in [0.05, 0.1) is 23.2 Å². The molecule has 0 aliphatic heterocycles. The smallest absolute Gasteiger partial charge is 0.266 e. The molecule has 4 rings (SSSR count). The van der Waals surface area contributed by atoms with E-state index in [2.05, 4.69) is 16.7 Å². The van der Waals surface area contributed by atoms with Crippen LogP contribution in [-0.2, 0) is 26.7 Å². The van der Waals surface area contributed by atoms with Gasteiger partial charge >= 0.3 is 0 Å². The highest BCUT2D eigenvalue weighted by molar-refractivity contribution is 7.85. The Hall–Kier alpha value is -4.49. The minimum absolute atomic E-state index is 0.218. The van der Waals surface area contributed by atoms with E-state index in [1.54, 1.807) is 24.3 Å². The number of hydrogen-bond acceptors (Lipinski definition) is 5. The second kappa shape index (κ2) is 14.1. The summed E-state index contributed by atoms with van der Waals surface area (Å²) >= 11 is 6.11. The van der Waals surface area contributed by atoms with Crippen LogP contribution in [0.15, 0.2) is 91.0 Å². The first-order chi connectivity index (χ1) is 21.3. The Balaban J connectivity index is 1.55. The third-order valence-corrected chi connectivity index (χ3v) is 8.54. The maximum Gasteiger partial charge on any atom is 0.266 e. The first-order valence-electron chi connectivity index (χ1n) is 14.3. The topological polar surface area (TPSA) is 136 Å². The van der Waals surface area contributed by atoms with Crippen molar-refractivity contribution in [2.45, 2.75) is 38.5 Å². The van der Waals surface area contributed by atoms with Crippen LogP contribution >= 0.6 is 11.6 Å². The molecule has 10 heteroatoms. The average molecular weight is 644 g/mol. The van der Waals surface area contributed by atoms with Crippen LogP contribution in [0, 0.1) is 18.3 Å². The highest BCUT2D eigenvalue weighted by atomic mass is 35.5. The fourth-order valence-corrected chi connectivity index (χ4v) is 5.48. The predicted octanol–water partition coefficient (Wildman–Crippen LogP) is 6.70. The minimum atomic E-state index is -4.18. The van der Waals surface area contributed by atoms with E-state index in [0.717, 1.165) is 33.4 Å². The number of nitrogens with zero attached hydrogens (tertiary/aromatic N) is 1. The maximum absolute atomic E-state index is 13.8. The molecule has 3 N–H and O–H groups in total. The molecule has 0 aliphatic rings. The lowest BCUT2D eigenvalue weighted by Crippen LogP contribution is -2.28. The van der Waals surface area contributed by atoms with Gasteiger partial charge in [0.15, 0.2) is 0 Å². The van der Waals surface area contributed by atoms with Gasteiger partial charge in [-0.1, -0.05) is 66.2 Å². The van der Waals surface area contributed by atoms with Gasteiger partial charge in [0.25, 0.3) is 16.0 Å². The van der Waals surface area contributed by atoms with Gasteiger partial charge in [-0.15, -0.1) is 0 Å². The summed E-state index contributed by atoms with van der Waals surface area (Å²) in [7, 11) is -4.18. The minimum Gasteiger partial charge on any atom is -0.351 e. The molecule has 0 saturated heterocycles. The molecule has 0 bridgehead atoms. The van der Waals surface area contributed by atoms with Gasteiger partial charge in [0.2, 0.25) is 5.91 Å². The molecule has 0 heterocycles. The molecule has 2 amide bonds. The molecule has 0 aliphatic carbocycles. The molecule has 0 fully saturated rings. The third kappa shape index (κ3) is 9.02. The van der Waals surface area contributed by atoms with E-state index >= 15 is 0 Å². The summed E-state index contributed by atoms with van der Waals surface area (Å²) in [5.41, 5.74) is 5.77. The lowest BCUT2D eigenvalue weighted by atomic mass is 9.84. The molecule has 1 atom stereocenters. The van der Waals surface area contributed by atoms with E-state index < -0.39 is 33.1 Å². The SMILES string of the molecule is Cc1cc(Cl)ccc1-c1ccc(NC(=O)C(Cc2ccc(C(=O)NCCS(=O)(=O)O)cc2)c2ccc(C(C)(C)C#N)cc2)cc1. The molecule has 4 aromatic carbocycles. The molecule has 0 spiro atoms. The van der Waals surface area contributed by atoms with Crippen LogP contribution < -0.4 is 10.6 Å². The third-order valence-electron chi connectivity index (χ3n) is 7.58. The number of nitrogens with one attached hydrogen (secondary N) is 2. The summed E-state index contributed by atoms with van der Waals surface area (Å²) in [6.45, 7) is 5.44. The first kappa shape index (κ1) is 33.4. The number of nitriles is 1. The lowest BCUT2D eigenvalue weighted by Gasteiger charge is -2.20. The Labute approximate surface area is 268 Å². The number of anilines is 1. The second-order valence-electron chi connectivity index (χ2n) is 11.4. The van der Waals surface area contributed by atoms with Crippen molar-refractivity contribution < 1.29 is 22.6 Å². The van der Waals surface area contributed by atoms with Crippen LogP contribution in [0.4, 0.5) is 5.69 Å². The number of carbonyl (C=O) groups is 2. The Morgan fingerprint density at radius 2 is 1.60 bits per heavy atom. The van der Waals surface area contributed by atoms with Gasteiger partial charge in [-0.2, -0.15) is 13.7 Å². The fraction of sp³-hybridized carbons (Fsp3) is 0.229. The number of rotatable bonds is 11. The number of hydrogen-bond donors (Lipinski definition) is 3. The summed E-state index contributed by atoms with van der Waals surface area (Å²) in [5, 5.41) is 15.7. The Bertz CT molecular complexity index is 1830. The Morgan fingerprint density at radius 3 is 2.18 bits per heavy atom. The van der Waals surface area contributed by atoms with E-state index in [4.69, 9.17) is 16.2 Å². The Kier molecular flexibility index (Phi) is 10.5. The first-order valence-corrected chi connectivity index (χ1v) is 16.3. The van der Waals surface area contributed by atoms with Crippen LogP contribution in [0.3, 0.4) is 0 Å². The van der Waals surface area contributed by atoms with Crippen molar-refractivity contribution in [1.82, 2.24) is 5.32 Å². The summed E-state index contributed by atoms with van der Waals surface area (Å²) in [4.78, 5) is 26.2. The predicted molar refractivity (Wildman–Crippen MR) is 177 cm³/mol. The van der Waals surface area contributed by atoms with Gasteiger partial charge in [-0.25, -0.2) is 0 Å². The van der Waals surface area contributed by atoms with E-state index in [9.17, 15) is 23.3 Å². The molecule has 0 saturated carbocycles. The zero-order valence-corrected chi connectivity index (χ0v) is 26.7. The van der Waals surface area contributed by atoms with Crippen LogP contribution in [0.1, 0.15) is 52.4 Å². The normalized spacial score (nSPS) is 12.2. The van der Waals surface area contributed by atoms with E-state index in [-0.39, 0.29) is 12.5 Å². The van der Waals surface area contributed by atoms with E-state index in [1.165, 1.54) is 0 Å². The van der Waals surface area contributed by atoms with Crippen LogP contribution in [0.5, 0.6) is 0 Å². The maximum atomic E-state index is 13.8. The number of aryl methyl sites for hydroxylation is 1. The molecule has 1 unspecified atom stereocenters. The molecule has 232 valence electrons. The zero-order valence-electron chi connectivity index (χ0n) is 25.2. The van der Waals surface area contributed by atoms with Crippen molar-refractivity contribution in [2.75, 3.05) is 17.6 Å². The fourth-order valence-electron chi connectivity index (χ4n) is 4.90. The van der Waals surface area contributed by atoms with Gasteiger partial charge in [0, 0.05) is 22.8 Å². The van der Waals surface area contributed by atoms with E-state index in [1.807, 2.05) is 87.5 Å². The standard InChI is InChI=1S/C35H34ClN3O5S/c1-23-20-29(36)14-17-31(23)25-10-15-30(16-11-25)39-34(41)32(26-8-12-28(13-9-26)35(2,3)22-37)21-24-4-6-27(7-5-24)33(40)38-18-19-45(42,43)44/h4-17,20,32H,18-19,21H2,1-3H3,(H,38,40)(H,39,41)(H,42,43,44). The van der Waals surface area contributed by atoms with Crippen molar-refractivity contribution >= 4 is 39.2 Å². The van der Waals surface area contributed by atoms with Gasteiger partial charge in [-0.3, -0.25) is 14.1 Å². The van der Waals surface area contributed by atoms with Crippen molar-refractivity contribution in [2.24, 2.45) is 0 Å². The summed E-state index contributed by atoms with van der Waals surface area (Å²) in [5.74, 6) is -1.87. The number of carbonyl (C=O) groups excluding carboxylic acids is 2. The van der Waals surface area contributed by atoms with Gasteiger partial charge < -0.3 is 10.6 Å². The second-order valence-corrected chi connectivity index (χ2v) is 13.4. The molecule has 0 aromatic heterocycles. The summed E-state index contributed by atoms with van der Waals surface area (Å²) in [6.07, 6.45) is 0.333. The monoisotopic (exact) mass is 643 g/mol. The van der Waals surface area contributed by atoms with Crippen molar-refractivity contribution in [3.63, 3.8) is 0 Å². The van der Waals surface area contributed by atoms with E-state index in [0.29, 0.717) is 22.7 Å². The average Bonchev–Trinajstić information content (AvgIpc) is 3.00. The van der Waals surface area contributed by atoms with Crippen LogP contribution in [0.25, 0.3) is 11.1 Å². The number of amides is 2. The number of halogens is 1. The quantitative estimate of drug-likeness (QED) is 0.156. The lowest BCUT2D eigenvalue weighted by molar-refractivity contribution is -0.117. The summed E-state index contributed by atoms with van der Waals surface area (Å²) in [6, 6.07) is 29.7. The molecule has 45 heavy (non-hydrogen) atoms. The molecular weight excluding hydrogens is 610 g/mol.